The van der Waals surface area contributed by atoms with Crippen molar-refractivity contribution in [1.82, 2.24) is 4.98 Å². The van der Waals surface area contributed by atoms with Crippen molar-refractivity contribution in [2.45, 2.75) is 0 Å². The fraction of sp³-hybridized carbons (Fsp3) is 0. The summed E-state index contributed by atoms with van der Waals surface area (Å²) < 4.78 is 0.973. The van der Waals surface area contributed by atoms with E-state index in [0.29, 0.717) is 11.0 Å². The number of nitrogens with zero attached hydrogens (tertiary/aromatic N) is 1. The Labute approximate surface area is 73.5 Å². The highest BCUT2D eigenvalue weighted by Gasteiger charge is 2.15. The first-order valence-electron chi connectivity index (χ1n) is 3.47. The van der Waals surface area contributed by atoms with Crippen LogP contribution in [0.5, 0.6) is 0 Å². The lowest BCUT2D eigenvalue weighted by Crippen LogP contribution is -2.30. The molecule has 2 N–H and O–H groups in total. The van der Waals surface area contributed by atoms with E-state index >= 15 is 0 Å². The summed E-state index contributed by atoms with van der Waals surface area (Å²) in [6.45, 7) is 0. The Hall–Kier alpha value is -0.905. The lowest BCUT2D eigenvalue weighted by Gasteiger charge is -1.98. The van der Waals surface area contributed by atoms with Crippen LogP contribution in [0.1, 0.15) is 0 Å². The van der Waals surface area contributed by atoms with E-state index in [4.69, 9.17) is 10.0 Å². The number of benzene rings is 1. The summed E-state index contributed by atoms with van der Waals surface area (Å²) in [5.41, 5.74) is 2.84. The first kappa shape index (κ1) is 7.73. The van der Waals surface area contributed by atoms with Crippen molar-refractivity contribution < 1.29 is 10.0 Å². The van der Waals surface area contributed by atoms with Crippen molar-refractivity contribution in [1.29, 1.82) is 0 Å². The molecule has 12 heavy (non-hydrogen) atoms. The van der Waals surface area contributed by atoms with Crippen LogP contribution >= 0.6 is 11.3 Å². The second-order valence-electron chi connectivity index (χ2n) is 2.42. The van der Waals surface area contributed by atoms with Crippen molar-refractivity contribution >= 4 is 34.1 Å². The van der Waals surface area contributed by atoms with Crippen LogP contribution in [-0.4, -0.2) is 22.2 Å². The molecule has 0 aliphatic carbocycles. The van der Waals surface area contributed by atoms with Crippen LogP contribution in [0.25, 0.3) is 10.2 Å². The molecule has 0 amide bonds. The molecule has 5 heteroatoms. The zero-order valence-corrected chi connectivity index (χ0v) is 6.95. The van der Waals surface area contributed by atoms with Crippen molar-refractivity contribution in [3.05, 3.63) is 23.7 Å². The Morgan fingerprint density at radius 3 is 2.92 bits per heavy atom. The number of rotatable bonds is 1. The van der Waals surface area contributed by atoms with Gasteiger partial charge in [0, 0.05) is 5.46 Å². The van der Waals surface area contributed by atoms with Gasteiger partial charge in [-0.2, -0.15) is 0 Å². The Morgan fingerprint density at radius 1 is 1.33 bits per heavy atom. The summed E-state index contributed by atoms with van der Waals surface area (Å²) in [6.07, 6.45) is 0. The third-order valence-electron chi connectivity index (χ3n) is 1.67. The molecule has 0 radical (unpaired) electrons. The van der Waals surface area contributed by atoms with Gasteiger partial charge in [-0.1, -0.05) is 12.1 Å². The molecule has 60 valence electrons. The van der Waals surface area contributed by atoms with Gasteiger partial charge in [-0.25, -0.2) is 4.98 Å². The molecule has 0 aliphatic heterocycles. The van der Waals surface area contributed by atoms with E-state index in [2.05, 4.69) is 4.98 Å². The van der Waals surface area contributed by atoms with Crippen molar-refractivity contribution in [2.24, 2.45) is 0 Å². The average molecular weight is 179 g/mol. The van der Waals surface area contributed by atoms with E-state index in [-0.39, 0.29) is 0 Å². The second kappa shape index (κ2) is 2.86. The molecule has 1 aromatic heterocycles. The molecule has 0 spiro atoms. The minimum absolute atomic E-state index is 0.466. The summed E-state index contributed by atoms with van der Waals surface area (Å²) >= 11 is 1.49. The number of hydrogen-bond donors (Lipinski definition) is 2. The highest BCUT2D eigenvalue weighted by molar-refractivity contribution is 7.17. The fourth-order valence-electron chi connectivity index (χ4n) is 1.12. The molecule has 1 aromatic carbocycles. The monoisotopic (exact) mass is 179 g/mol. The molecule has 1 heterocycles. The predicted molar refractivity (Wildman–Crippen MR) is 49.4 cm³/mol. The van der Waals surface area contributed by atoms with Gasteiger partial charge < -0.3 is 10.0 Å². The summed E-state index contributed by atoms with van der Waals surface area (Å²) in [5.74, 6) is 0. The summed E-state index contributed by atoms with van der Waals surface area (Å²) in [6, 6.07) is 5.35. The van der Waals surface area contributed by atoms with Gasteiger partial charge in [0.05, 0.1) is 15.7 Å². The Bertz CT molecular complexity index is 401. The minimum Gasteiger partial charge on any atom is -0.423 e. The number of thiazole rings is 1. The van der Waals surface area contributed by atoms with Crippen molar-refractivity contribution in [2.75, 3.05) is 0 Å². The van der Waals surface area contributed by atoms with E-state index in [9.17, 15) is 0 Å². The van der Waals surface area contributed by atoms with Crippen LogP contribution in [-0.2, 0) is 0 Å². The lowest BCUT2D eigenvalue weighted by molar-refractivity contribution is 0.426. The Kier molecular flexibility index (Phi) is 1.84. The predicted octanol–water partition coefficient (Wildman–Crippen LogP) is -0.0239. The van der Waals surface area contributed by atoms with Crippen LogP contribution in [0, 0.1) is 0 Å². The summed E-state index contributed by atoms with van der Waals surface area (Å²) in [7, 11) is -1.43. The maximum Gasteiger partial charge on any atom is 0.490 e. The molecule has 2 aromatic rings. The maximum absolute atomic E-state index is 8.96. The molecule has 0 fully saturated rings. The van der Waals surface area contributed by atoms with Gasteiger partial charge in [0.15, 0.2) is 0 Å². The summed E-state index contributed by atoms with van der Waals surface area (Å²) in [5, 5.41) is 17.9. The standard InChI is InChI=1S/C7H6BNO2S/c10-8(11)5-2-1-3-6-7(5)9-4-12-6/h1-4,10-11H. The Morgan fingerprint density at radius 2 is 2.17 bits per heavy atom. The first-order valence-corrected chi connectivity index (χ1v) is 4.35. The largest absolute Gasteiger partial charge is 0.490 e. The van der Waals surface area contributed by atoms with Gasteiger partial charge >= 0.3 is 7.12 Å². The number of hydrogen-bond acceptors (Lipinski definition) is 4. The second-order valence-corrected chi connectivity index (χ2v) is 3.31. The topological polar surface area (TPSA) is 53.4 Å². The molecule has 0 atom stereocenters. The molecule has 3 nitrogen and oxygen atoms in total. The smallest absolute Gasteiger partial charge is 0.423 e. The van der Waals surface area contributed by atoms with E-state index in [1.165, 1.54) is 11.3 Å². The van der Waals surface area contributed by atoms with Gasteiger partial charge in [-0.15, -0.1) is 11.3 Å². The average Bonchev–Trinajstić information content (AvgIpc) is 2.49. The molecule has 2 rings (SSSR count). The zero-order valence-electron chi connectivity index (χ0n) is 6.14. The quantitative estimate of drug-likeness (QED) is 0.604. The number of aromatic nitrogens is 1. The Balaban J connectivity index is 2.73. The maximum atomic E-state index is 8.96. The SMILES string of the molecule is OB(O)c1cccc2scnc12. The van der Waals surface area contributed by atoms with E-state index < -0.39 is 7.12 Å². The van der Waals surface area contributed by atoms with Gasteiger partial charge in [-0.05, 0) is 6.07 Å². The van der Waals surface area contributed by atoms with Crippen LogP contribution in [0.15, 0.2) is 23.7 Å². The van der Waals surface area contributed by atoms with Crippen molar-refractivity contribution in [3.8, 4) is 0 Å². The van der Waals surface area contributed by atoms with Gasteiger partial charge in [0.1, 0.15) is 0 Å². The third-order valence-corrected chi connectivity index (χ3v) is 2.46. The number of fused-ring (bicyclic) bond motifs is 1. The molecule has 0 unspecified atom stereocenters. The normalized spacial score (nSPS) is 10.5. The molecule has 0 aliphatic rings. The van der Waals surface area contributed by atoms with Crippen LogP contribution in [0.3, 0.4) is 0 Å². The molecule has 0 bridgehead atoms. The molecule has 0 saturated heterocycles. The van der Waals surface area contributed by atoms with E-state index in [0.717, 1.165) is 4.70 Å². The lowest BCUT2D eigenvalue weighted by atomic mass is 9.80. The number of para-hydroxylation sites is 1. The van der Waals surface area contributed by atoms with Crippen LogP contribution < -0.4 is 5.46 Å². The molecule has 0 saturated carbocycles. The summed E-state index contributed by atoms with van der Waals surface area (Å²) in [4.78, 5) is 4.04. The molecular formula is C7H6BNO2S. The highest BCUT2D eigenvalue weighted by atomic mass is 32.1. The zero-order chi connectivity index (χ0) is 8.55. The van der Waals surface area contributed by atoms with E-state index in [1.54, 1.807) is 17.6 Å². The van der Waals surface area contributed by atoms with Crippen molar-refractivity contribution in [3.63, 3.8) is 0 Å². The first-order chi connectivity index (χ1) is 5.79. The van der Waals surface area contributed by atoms with Gasteiger partial charge in [0.2, 0.25) is 0 Å². The highest BCUT2D eigenvalue weighted by Crippen LogP contribution is 2.14. The van der Waals surface area contributed by atoms with Gasteiger partial charge in [-0.3, -0.25) is 0 Å². The van der Waals surface area contributed by atoms with Crippen LogP contribution in [0.4, 0.5) is 0 Å². The molecular weight excluding hydrogens is 173 g/mol. The minimum atomic E-state index is -1.43. The fourth-order valence-corrected chi connectivity index (χ4v) is 1.83. The van der Waals surface area contributed by atoms with Crippen LogP contribution in [0.2, 0.25) is 0 Å². The van der Waals surface area contributed by atoms with E-state index in [1.807, 2.05) is 6.07 Å². The third kappa shape index (κ3) is 1.12. The van der Waals surface area contributed by atoms with Gasteiger partial charge in [0.25, 0.3) is 0 Å².